The smallest absolute Gasteiger partial charge is 0.410 e. The van der Waals surface area contributed by atoms with E-state index in [1.807, 2.05) is 43.9 Å². The molecule has 1 aliphatic rings. The highest BCUT2D eigenvalue weighted by Gasteiger charge is 2.38. The Morgan fingerprint density at radius 3 is 2.44 bits per heavy atom. The van der Waals surface area contributed by atoms with Crippen molar-refractivity contribution in [2.24, 2.45) is 7.05 Å². The van der Waals surface area contributed by atoms with E-state index in [1.165, 1.54) is 0 Å². The number of hydrogen-bond donors (Lipinski definition) is 0. The van der Waals surface area contributed by atoms with Crippen LogP contribution in [-0.2, 0) is 11.8 Å². The zero-order valence-corrected chi connectivity index (χ0v) is 21.8. The van der Waals surface area contributed by atoms with Crippen LogP contribution in [0, 0.1) is 0 Å². The van der Waals surface area contributed by atoms with Gasteiger partial charge < -0.3 is 9.64 Å². The van der Waals surface area contributed by atoms with Gasteiger partial charge in [0.1, 0.15) is 11.4 Å². The first-order valence-corrected chi connectivity index (χ1v) is 12.1. The largest absolute Gasteiger partial charge is 0.444 e. The Kier molecular flexibility index (Phi) is 7.34. The topological polar surface area (TPSA) is 67.7 Å². The molecule has 3 atom stereocenters. The summed E-state index contributed by atoms with van der Waals surface area (Å²) in [5.41, 5.74) is 0.138. The monoisotopic (exact) mass is 506 g/mol. The van der Waals surface area contributed by atoms with Gasteiger partial charge in [0.15, 0.2) is 0 Å². The van der Waals surface area contributed by atoms with Crippen molar-refractivity contribution < 1.29 is 9.53 Å². The molecule has 1 aliphatic heterocycles. The molecule has 1 aromatic heterocycles. The first-order valence-electron chi connectivity index (χ1n) is 11.3. The predicted molar refractivity (Wildman–Crippen MR) is 131 cm³/mol. The molecule has 176 valence electrons. The Bertz CT molecular complexity index is 1030. The van der Waals surface area contributed by atoms with Gasteiger partial charge in [-0.05, 0) is 59.2 Å². The maximum Gasteiger partial charge on any atom is 0.410 e. The summed E-state index contributed by atoms with van der Waals surface area (Å²) in [6, 6.07) is 5.55. The summed E-state index contributed by atoms with van der Waals surface area (Å²) >= 11 is 3.49. The number of aromatic nitrogens is 2. The molecule has 3 rings (SSSR count). The second kappa shape index (κ2) is 9.51. The van der Waals surface area contributed by atoms with Crippen molar-refractivity contribution in [1.82, 2.24) is 19.4 Å². The van der Waals surface area contributed by atoms with Crippen molar-refractivity contribution in [1.29, 1.82) is 0 Å². The van der Waals surface area contributed by atoms with E-state index in [1.54, 1.807) is 11.6 Å². The lowest BCUT2D eigenvalue weighted by atomic mass is 10.0. The molecule has 0 bridgehead atoms. The minimum Gasteiger partial charge on any atom is -0.444 e. The molecule has 1 saturated heterocycles. The third-order valence-electron chi connectivity index (χ3n) is 5.93. The van der Waals surface area contributed by atoms with E-state index in [0.29, 0.717) is 24.0 Å². The van der Waals surface area contributed by atoms with E-state index < -0.39 is 5.60 Å². The van der Waals surface area contributed by atoms with Crippen molar-refractivity contribution >= 4 is 32.9 Å². The lowest BCUT2D eigenvalue weighted by molar-refractivity contribution is -0.0246. The molecule has 0 N–H and O–H groups in total. The molecule has 0 radical (unpaired) electrons. The third kappa shape index (κ3) is 5.17. The highest BCUT2D eigenvalue weighted by Crippen LogP contribution is 2.30. The number of fused-ring (bicyclic) bond motifs is 1. The Hall–Kier alpha value is -1.93. The first kappa shape index (κ1) is 24.7. The van der Waals surface area contributed by atoms with E-state index in [2.05, 4.69) is 41.6 Å². The number of nitrogens with zero attached hydrogens (tertiary/aromatic N) is 4. The standard InChI is InChI=1S/C24H35BrN4O3/c1-8-9-20(21-26-19-12-17(25)10-11-18(19)22(30)27(21)7)28-13-15(2)29(16(3)14-28)23(31)32-24(4,5)6/h10-12,15-16,20H,8-9,13-14H2,1-7H3/t15-,16+,20?. The summed E-state index contributed by atoms with van der Waals surface area (Å²) in [5, 5.41) is 0.617. The number of benzene rings is 1. The zero-order valence-electron chi connectivity index (χ0n) is 20.2. The first-order chi connectivity index (χ1) is 14.9. The summed E-state index contributed by atoms with van der Waals surface area (Å²) in [4.78, 5) is 35.0. The van der Waals surface area contributed by atoms with Crippen LogP contribution in [0.4, 0.5) is 4.79 Å². The Labute approximate surface area is 198 Å². The third-order valence-corrected chi connectivity index (χ3v) is 6.42. The average Bonchev–Trinajstić information content (AvgIpc) is 2.67. The summed E-state index contributed by atoms with van der Waals surface area (Å²) < 4.78 is 8.23. The van der Waals surface area contributed by atoms with Gasteiger partial charge in [0, 0.05) is 36.7 Å². The van der Waals surface area contributed by atoms with Gasteiger partial charge in [-0.1, -0.05) is 29.3 Å². The number of piperazine rings is 1. The molecule has 0 saturated carbocycles. The molecular weight excluding hydrogens is 472 g/mol. The number of amides is 1. The normalized spacial score (nSPS) is 21.1. The molecular formula is C24H35BrN4O3. The maximum atomic E-state index is 13.1. The van der Waals surface area contributed by atoms with Gasteiger partial charge in [-0.25, -0.2) is 9.78 Å². The van der Waals surface area contributed by atoms with Gasteiger partial charge in [0.25, 0.3) is 5.56 Å². The van der Waals surface area contributed by atoms with Gasteiger partial charge in [-0.3, -0.25) is 14.3 Å². The van der Waals surface area contributed by atoms with Crippen LogP contribution in [-0.4, -0.2) is 56.2 Å². The van der Waals surface area contributed by atoms with Crippen LogP contribution in [0.5, 0.6) is 0 Å². The summed E-state index contributed by atoms with van der Waals surface area (Å²) in [6.45, 7) is 13.3. The Balaban J connectivity index is 1.94. The lowest BCUT2D eigenvalue weighted by Gasteiger charge is -2.47. The van der Waals surface area contributed by atoms with Crippen molar-refractivity contribution in [2.75, 3.05) is 13.1 Å². The van der Waals surface area contributed by atoms with E-state index in [-0.39, 0.29) is 29.8 Å². The fourth-order valence-corrected chi connectivity index (χ4v) is 4.95. The number of carbonyl (C=O) groups is 1. The molecule has 1 aromatic carbocycles. The minimum absolute atomic E-state index is 0.00762. The summed E-state index contributed by atoms with van der Waals surface area (Å²) in [6.07, 6.45) is 1.57. The average molecular weight is 507 g/mol. The van der Waals surface area contributed by atoms with Gasteiger partial charge >= 0.3 is 6.09 Å². The fourth-order valence-electron chi connectivity index (χ4n) is 4.60. The highest BCUT2D eigenvalue weighted by atomic mass is 79.9. The van der Waals surface area contributed by atoms with E-state index in [9.17, 15) is 9.59 Å². The van der Waals surface area contributed by atoms with Gasteiger partial charge in [0.05, 0.1) is 16.9 Å². The SMILES string of the molecule is CCCC(c1nc2cc(Br)ccc2c(=O)n1C)N1C[C@@H](C)N(C(=O)OC(C)(C)C)[C@@H](C)C1. The van der Waals surface area contributed by atoms with Crippen LogP contribution in [0.15, 0.2) is 27.5 Å². The minimum atomic E-state index is -0.528. The quantitative estimate of drug-likeness (QED) is 0.591. The number of halogens is 1. The van der Waals surface area contributed by atoms with Crippen molar-refractivity contribution in [3.05, 3.63) is 38.9 Å². The molecule has 2 heterocycles. The Morgan fingerprint density at radius 1 is 1.25 bits per heavy atom. The molecule has 32 heavy (non-hydrogen) atoms. The van der Waals surface area contributed by atoms with Crippen LogP contribution < -0.4 is 5.56 Å². The number of ether oxygens (including phenoxy) is 1. The van der Waals surface area contributed by atoms with Crippen LogP contribution >= 0.6 is 15.9 Å². The van der Waals surface area contributed by atoms with Crippen molar-refractivity contribution in [3.8, 4) is 0 Å². The summed E-state index contributed by atoms with van der Waals surface area (Å²) in [5.74, 6) is 0.771. The van der Waals surface area contributed by atoms with Crippen molar-refractivity contribution in [2.45, 2.75) is 78.1 Å². The summed E-state index contributed by atoms with van der Waals surface area (Å²) in [7, 11) is 1.80. The Morgan fingerprint density at radius 2 is 1.88 bits per heavy atom. The van der Waals surface area contributed by atoms with E-state index in [0.717, 1.165) is 23.1 Å². The number of carbonyl (C=O) groups excluding carboxylic acids is 1. The van der Waals surface area contributed by atoms with Gasteiger partial charge in [-0.2, -0.15) is 0 Å². The van der Waals surface area contributed by atoms with Crippen LogP contribution in [0.1, 0.15) is 66.3 Å². The van der Waals surface area contributed by atoms with Gasteiger partial charge in [-0.15, -0.1) is 0 Å². The fraction of sp³-hybridized carbons (Fsp3) is 0.625. The highest BCUT2D eigenvalue weighted by molar-refractivity contribution is 9.10. The van der Waals surface area contributed by atoms with E-state index >= 15 is 0 Å². The molecule has 7 nitrogen and oxygen atoms in total. The molecule has 0 aliphatic carbocycles. The molecule has 1 amide bonds. The van der Waals surface area contributed by atoms with E-state index in [4.69, 9.17) is 9.72 Å². The van der Waals surface area contributed by atoms with Gasteiger partial charge in [0.2, 0.25) is 0 Å². The predicted octanol–water partition coefficient (Wildman–Crippen LogP) is 4.87. The molecule has 1 fully saturated rings. The molecule has 1 unspecified atom stereocenters. The second-order valence-electron chi connectivity index (χ2n) is 9.84. The molecule has 8 heteroatoms. The van der Waals surface area contributed by atoms with Crippen LogP contribution in [0.3, 0.4) is 0 Å². The molecule has 0 spiro atoms. The second-order valence-corrected chi connectivity index (χ2v) is 10.8. The van der Waals surface area contributed by atoms with Crippen LogP contribution in [0.2, 0.25) is 0 Å². The molecule has 2 aromatic rings. The van der Waals surface area contributed by atoms with Crippen LogP contribution in [0.25, 0.3) is 10.9 Å². The lowest BCUT2D eigenvalue weighted by Crippen LogP contribution is -2.60. The van der Waals surface area contributed by atoms with Crippen molar-refractivity contribution in [3.63, 3.8) is 0 Å². The maximum absolute atomic E-state index is 13.1. The number of rotatable bonds is 4. The number of hydrogen-bond acceptors (Lipinski definition) is 5. The zero-order chi connectivity index (χ0) is 23.8.